The molecule has 1 aromatic carbocycles. The van der Waals surface area contributed by atoms with Crippen molar-refractivity contribution in [3.05, 3.63) is 29.3 Å². The van der Waals surface area contributed by atoms with Gasteiger partial charge in [0.05, 0.1) is 6.61 Å². The Bertz CT molecular complexity index is 334. The Kier molecular flexibility index (Phi) is 2.44. The molecule has 1 aliphatic carbocycles. The molecule has 0 unspecified atom stereocenters. The molecular weight excluding hydrogens is 178 g/mol. The molecule has 1 fully saturated rings. The van der Waals surface area contributed by atoms with E-state index in [0.29, 0.717) is 5.92 Å². The Labute approximate surface area is 83.2 Å². The zero-order valence-electron chi connectivity index (χ0n) is 7.98. The van der Waals surface area contributed by atoms with Crippen LogP contribution in [-0.4, -0.2) is 10.2 Å². The van der Waals surface area contributed by atoms with Gasteiger partial charge in [-0.1, -0.05) is 12.1 Å². The summed E-state index contributed by atoms with van der Waals surface area (Å²) in [5.41, 5.74) is 7.47. The predicted molar refractivity (Wildman–Crippen MR) is 53.7 cm³/mol. The molecule has 0 heterocycles. The van der Waals surface area contributed by atoms with E-state index in [2.05, 4.69) is 0 Å². The summed E-state index contributed by atoms with van der Waals surface area (Å²) in [7, 11) is 0. The number of phenolic OH excluding ortho intramolecular Hbond substituents is 1. The largest absolute Gasteiger partial charge is 0.508 e. The van der Waals surface area contributed by atoms with Gasteiger partial charge in [-0.05, 0) is 30.4 Å². The van der Waals surface area contributed by atoms with Gasteiger partial charge < -0.3 is 15.9 Å². The third kappa shape index (κ3) is 1.61. The van der Waals surface area contributed by atoms with Crippen LogP contribution in [0.5, 0.6) is 5.75 Å². The summed E-state index contributed by atoms with van der Waals surface area (Å²) in [4.78, 5) is 0. The van der Waals surface area contributed by atoms with Crippen LogP contribution in [0, 0.1) is 5.92 Å². The predicted octanol–water partition coefficient (Wildman–Crippen LogP) is 1.29. The Morgan fingerprint density at radius 3 is 2.71 bits per heavy atom. The molecule has 14 heavy (non-hydrogen) atoms. The van der Waals surface area contributed by atoms with Gasteiger partial charge in [-0.3, -0.25) is 0 Å². The van der Waals surface area contributed by atoms with Gasteiger partial charge in [-0.15, -0.1) is 0 Å². The molecule has 0 amide bonds. The number of hydrogen-bond acceptors (Lipinski definition) is 3. The highest BCUT2D eigenvalue weighted by Gasteiger charge is 2.32. The first kappa shape index (κ1) is 9.49. The van der Waals surface area contributed by atoms with Crippen molar-refractivity contribution in [2.75, 3.05) is 0 Å². The van der Waals surface area contributed by atoms with Gasteiger partial charge in [0.15, 0.2) is 0 Å². The van der Waals surface area contributed by atoms with Crippen molar-refractivity contribution in [2.45, 2.75) is 25.5 Å². The molecule has 1 aliphatic rings. The minimum Gasteiger partial charge on any atom is -0.508 e. The van der Waals surface area contributed by atoms with E-state index in [4.69, 9.17) is 10.8 Å². The van der Waals surface area contributed by atoms with Gasteiger partial charge in [0.2, 0.25) is 0 Å². The second kappa shape index (κ2) is 3.59. The Morgan fingerprint density at radius 2 is 2.14 bits per heavy atom. The summed E-state index contributed by atoms with van der Waals surface area (Å²) in [5.74, 6) is 0.685. The smallest absolute Gasteiger partial charge is 0.120 e. The molecule has 1 saturated carbocycles. The van der Waals surface area contributed by atoms with Gasteiger partial charge >= 0.3 is 0 Å². The standard InChI is InChI=1S/C11H15NO2/c12-11(7-4-5-7)10-8(6-13)2-1-3-9(10)14/h1-3,7,11,13-14H,4-6,12H2/t11-/m0/s1. The average molecular weight is 193 g/mol. The summed E-state index contributed by atoms with van der Waals surface area (Å²) in [5, 5.41) is 18.8. The van der Waals surface area contributed by atoms with E-state index in [-0.39, 0.29) is 18.4 Å². The molecule has 0 radical (unpaired) electrons. The average Bonchev–Trinajstić information content (AvgIpc) is 2.99. The van der Waals surface area contributed by atoms with Crippen LogP contribution in [0.15, 0.2) is 18.2 Å². The highest BCUT2D eigenvalue weighted by molar-refractivity contribution is 5.42. The number of rotatable bonds is 3. The lowest BCUT2D eigenvalue weighted by atomic mass is 9.97. The summed E-state index contributed by atoms with van der Waals surface area (Å²) in [6, 6.07) is 5.02. The SMILES string of the molecule is N[C@H](c1c(O)cccc1CO)C1CC1. The maximum Gasteiger partial charge on any atom is 0.120 e. The molecule has 2 rings (SSSR count). The van der Waals surface area contributed by atoms with Crippen LogP contribution < -0.4 is 5.73 Å². The van der Waals surface area contributed by atoms with Crippen LogP contribution in [0.2, 0.25) is 0 Å². The number of aliphatic hydroxyl groups excluding tert-OH is 1. The number of aliphatic hydroxyl groups is 1. The van der Waals surface area contributed by atoms with Gasteiger partial charge in [-0.25, -0.2) is 0 Å². The third-order valence-corrected chi connectivity index (χ3v) is 2.81. The van der Waals surface area contributed by atoms with Crippen LogP contribution in [0.1, 0.15) is 30.0 Å². The molecule has 3 nitrogen and oxygen atoms in total. The van der Waals surface area contributed by atoms with E-state index in [1.54, 1.807) is 18.2 Å². The van der Waals surface area contributed by atoms with E-state index in [1.807, 2.05) is 0 Å². The van der Waals surface area contributed by atoms with E-state index in [0.717, 1.165) is 24.0 Å². The van der Waals surface area contributed by atoms with Crippen molar-refractivity contribution in [1.29, 1.82) is 0 Å². The molecule has 0 bridgehead atoms. The van der Waals surface area contributed by atoms with Crippen molar-refractivity contribution in [3.63, 3.8) is 0 Å². The first-order valence-corrected chi connectivity index (χ1v) is 4.91. The summed E-state index contributed by atoms with van der Waals surface area (Å²) in [6.45, 7) is -0.0653. The molecule has 4 N–H and O–H groups in total. The Morgan fingerprint density at radius 1 is 1.43 bits per heavy atom. The van der Waals surface area contributed by atoms with Crippen molar-refractivity contribution in [1.82, 2.24) is 0 Å². The lowest BCUT2D eigenvalue weighted by molar-refractivity contribution is 0.278. The topological polar surface area (TPSA) is 66.5 Å². The van der Waals surface area contributed by atoms with Gasteiger partial charge in [0, 0.05) is 11.6 Å². The molecule has 1 aromatic rings. The van der Waals surface area contributed by atoms with Crippen LogP contribution in [0.4, 0.5) is 0 Å². The zero-order valence-corrected chi connectivity index (χ0v) is 7.98. The van der Waals surface area contributed by atoms with Gasteiger partial charge in [0.25, 0.3) is 0 Å². The van der Waals surface area contributed by atoms with Crippen molar-refractivity contribution in [3.8, 4) is 5.75 Å². The Balaban J connectivity index is 2.37. The summed E-state index contributed by atoms with van der Waals surface area (Å²) < 4.78 is 0. The van der Waals surface area contributed by atoms with Crippen molar-refractivity contribution >= 4 is 0 Å². The summed E-state index contributed by atoms with van der Waals surface area (Å²) >= 11 is 0. The van der Waals surface area contributed by atoms with E-state index < -0.39 is 0 Å². The molecule has 0 saturated heterocycles. The van der Waals surface area contributed by atoms with Crippen LogP contribution in [0.3, 0.4) is 0 Å². The first-order valence-electron chi connectivity index (χ1n) is 4.91. The highest BCUT2D eigenvalue weighted by Crippen LogP contribution is 2.42. The number of hydrogen-bond donors (Lipinski definition) is 3. The zero-order chi connectivity index (χ0) is 10.1. The molecule has 0 spiro atoms. The van der Waals surface area contributed by atoms with E-state index >= 15 is 0 Å². The lowest BCUT2D eigenvalue weighted by Gasteiger charge is -2.16. The normalized spacial score (nSPS) is 18.1. The number of benzene rings is 1. The van der Waals surface area contributed by atoms with E-state index in [1.165, 1.54) is 0 Å². The molecular formula is C11H15NO2. The minimum atomic E-state index is -0.127. The molecule has 76 valence electrons. The van der Waals surface area contributed by atoms with Crippen molar-refractivity contribution < 1.29 is 10.2 Å². The third-order valence-electron chi connectivity index (χ3n) is 2.81. The maximum atomic E-state index is 9.68. The van der Waals surface area contributed by atoms with Crippen molar-refractivity contribution in [2.24, 2.45) is 11.7 Å². The fourth-order valence-corrected chi connectivity index (χ4v) is 1.81. The van der Waals surface area contributed by atoms with Crippen LogP contribution >= 0.6 is 0 Å². The fraction of sp³-hybridized carbons (Fsp3) is 0.455. The summed E-state index contributed by atoms with van der Waals surface area (Å²) in [6.07, 6.45) is 2.25. The van der Waals surface area contributed by atoms with E-state index in [9.17, 15) is 5.11 Å². The van der Waals surface area contributed by atoms with Gasteiger partial charge in [-0.2, -0.15) is 0 Å². The quantitative estimate of drug-likeness (QED) is 0.677. The Hall–Kier alpha value is -1.06. The fourth-order valence-electron chi connectivity index (χ4n) is 1.81. The number of phenols is 1. The highest BCUT2D eigenvalue weighted by atomic mass is 16.3. The second-order valence-electron chi connectivity index (χ2n) is 3.87. The van der Waals surface area contributed by atoms with Crippen LogP contribution in [0.25, 0.3) is 0 Å². The number of nitrogens with two attached hydrogens (primary N) is 1. The number of aromatic hydroxyl groups is 1. The van der Waals surface area contributed by atoms with Crippen LogP contribution in [-0.2, 0) is 6.61 Å². The lowest BCUT2D eigenvalue weighted by Crippen LogP contribution is -2.14. The first-order chi connectivity index (χ1) is 6.74. The maximum absolute atomic E-state index is 9.68. The minimum absolute atomic E-state index is 0.0653. The van der Waals surface area contributed by atoms with Gasteiger partial charge in [0.1, 0.15) is 5.75 Å². The molecule has 3 heteroatoms. The monoisotopic (exact) mass is 193 g/mol. The molecule has 0 aromatic heterocycles. The molecule has 1 atom stereocenters. The molecule has 0 aliphatic heterocycles. The second-order valence-corrected chi connectivity index (χ2v) is 3.87.